The average Bonchev–Trinajstić information content (AvgIpc) is 2.33. The third-order valence-corrected chi connectivity index (χ3v) is 3.31. The number of halogens is 1. The maximum Gasteiger partial charge on any atom is 0.258 e. The largest absolute Gasteiger partial charge is 0.322 e. The van der Waals surface area contributed by atoms with Crippen LogP contribution >= 0.6 is 11.6 Å². The number of carbonyl (C=O) groups excluding carboxylic acids is 1. The number of nitrogens with zero attached hydrogens (tertiary/aromatic N) is 1. The Labute approximate surface area is 117 Å². The van der Waals surface area contributed by atoms with Crippen molar-refractivity contribution < 1.29 is 4.79 Å². The van der Waals surface area contributed by atoms with E-state index in [1.54, 1.807) is 6.07 Å². The fourth-order valence-electron chi connectivity index (χ4n) is 1.71. The van der Waals surface area contributed by atoms with Gasteiger partial charge < -0.3 is 5.32 Å². The van der Waals surface area contributed by atoms with Crippen molar-refractivity contribution in [3.63, 3.8) is 0 Å². The number of hydrogen-bond donors (Lipinski definition) is 1. The Balaban J connectivity index is 2.23. The van der Waals surface area contributed by atoms with Crippen LogP contribution in [0.4, 0.5) is 5.69 Å². The predicted octanol–water partition coefficient (Wildman–Crippen LogP) is 3.91. The summed E-state index contributed by atoms with van der Waals surface area (Å²) in [5.41, 5.74) is 4.24. The number of carbonyl (C=O) groups is 1. The molecule has 0 aliphatic heterocycles. The van der Waals surface area contributed by atoms with E-state index in [1.165, 1.54) is 11.8 Å². The quantitative estimate of drug-likeness (QED) is 0.902. The zero-order chi connectivity index (χ0) is 14.0. The number of rotatable bonds is 2. The molecule has 0 atom stereocenters. The van der Waals surface area contributed by atoms with Gasteiger partial charge in [0, 0.05) is 17.6 Å². The lowest BCUT2D eigenvalue weighted by atomic mass is 10.1. The predicted molar refractivity (Wildman–Crippen MR) is 77.9 cm³/mol. The van der Waals surface area contributed by atoms with Gasteiger partial charge in [-0.05, 0) is 50.1 Å². The molecule has 0 unspecified atom stereocenters. The van der Waals surface area contributed by atoms with Crippen LogP contribution in [-0.2, 0) is 0 Å². The normalized spacial score (nSPS) is 10.3. The molecule has 0 aliphatic rings. The van der Waals surface area contributed by atoms with E-state index in [4.69, 9.17) is 11.6 Å². The number of anilines is 1. The van der Waals surface area contributed by atoms with Crippen molar-refractivity contribution in [2.45, 2.75) is 20.8 Å². The highest BCUT2D eigenvalue weighted by Crippen LogP contribution is 2.19. The summed E-state index contributed by atoms with van der Waals surface area (Å²) in [5, 5.41) is 3.23. The highest BCUT2D eigenvalue weighted by molar-refractivity contribution is 6.34. The Morgan fingerprint density at radius 1 is 1.16 bits per heavy atom. The molecule has 0 saturated carbocycles. The highest BCUT2D eigenvalue weighted by atomic mass is 35.5. The van der Waals surface area contributed by atoms with E-state index in [9.17, 15) is 4.79 Å². The molecule has 0 saturated heterocycles. The topological polar surface area (TPSA) is 42.0 Å². The van der Waals surface area contributed by atoms with Gasteiger partial charge in [0.05, 0.1) is 10.6 Å². The van der Waals surface area contributed by atoms with Gasteiger partial charge in [0.2, 0.25) is 0 Å². The molecule has 2 aromatic rings. The monoisotopic (exact) mass is 274 g/mol. The van der Waals surface area contributed by atoms with Crippen LogP contribution in [0, 0.1) is 20.8 Å². The summed E-state index contributed by atoms with van der Waals surface area (Å²) >= 11 is 6.05. The smallest absolute Gasteiger partial charge is 0.258 e. The molecule has 19 heavy (non-hydrogen) atoms. The lowest BCUT2D eigenvalue weighted by Crippen LogP contribution is -2.13. The number of hydrogen-bond acceptors (Lipinski definition) is 2. The van der Waals surface area contributed by atoms with Gasteiger partial charge >= 0.3 is 0 Å². The molecule has 4 heteroatoms. The van der Waals surface area contributed by atoms with Gasteiger partial charge in [-0.3, -0.25) is 9.78 Å². The second-order valence-corrected chi connectivity index (χ2v) is 4.97. The van der Waals surface area contributed by atoms with Crippen LogP contribution in [-0.4, -0.2) is 10.9 Å². The molecule has 1 amide bonds. The second-order valence-electron chi connectivity index (χ2n) is 4.56. The standard InChI is InChI=1S/C15H15ClN2O/c1-9-4-5-12(6-10(9)2)18-15(19)13-8-17-11(3)7-14(13)16/h4-8H,1-3H3,(H,18,19). The minimum absolute atomic E-state index is 0.249. The summed E-state index contributed by atoms with van der Waals surface area (Å²) in [4.78, 5) is 16.2. The van der Waals surface area contributed by atoms with Crippen LogP contribution in [0.1, 0.15) is 27.2 Å². The van der Waals surface area contributed by atoms with Crippen molar-refractivity contribution in [2.75, 3.05) is 5.32 Å². The molecule has 1 aromatic carbocycles. The van der Waals surface area contributed by atoms with E-state index in [1.807, 2.05) is 39.0 Å². The van der Waals surface area contributed by atoms with Crippen molar-refractivity contribution in [1.82, 2.24) is 4.98 Å². The van der Waals surface area contributed by atoms with E-state index in [-0.39, 0.29) is 5.91 Å². The van der Waals surface area contributed by atoms with Crippen molar-refractivity contribution >= 4 is 23.2 Å². The van der Waals surface area contributed by atoms with Gasteiger partial charge in [0.25, 0.3) is 5.91 Å². The third-order valence-electron chi connectivity index (χ3n) is 3.00. The summed E-state index contributed by atoms with van der Waals surface area (Å²) in [6.07, 6.45) is 1.49. The first-order chi connectivity index (χ1) is 8.97. The molecule has 1 heterocycles. The Morgan fingerprint density at radius 3 is 2.53 bits per heavy atom. The first-order valence-electron chi connectivity index (χ1n) is 5.98. The number of aromatic nitrogens is 1. The van der Waals surface area contributed by atoms with Crippen LogP contribution < -0.4 is 5.32 Å². The van der Waals surface area contributed by atoms with Crippen molar-refractivity contribution in [3.05, 3.63) is 57.9 Å². The van der Waals surface area contributed by atoms with Crippen LogP contribution in [0.3, 0.4) is 0 Å². The molecule has 98 valence electrons. The number of nitrogens with one attached hydrogen (secondary N) is 1. The van der Waals surface area contributed by atoms with E-state index < -0.39 is 0 Å². The Kier molecular flexibility index (Phi) is 3.86. The Bertz CT molecular complexity index is 638. The van der Waals surface area contributed by atoms with Crippen molar-refractivity contribution in [2.24, 2.45) is 0 Å². The van der Waals surface area contributed by atoms with Crippen molar-refractivity contribution in [3.8, 4) is 0 Å². The number of pyridine rings is 1. The minimum atomic E-state index is -0.249. The molecular formula is C15H15ClN2O. The fourth-order valence-corrected chi connectivity index (χ4v) is 2.00. The van der Waals surface area contributed by atoms with Crippen LogP contribution in [0.5, 0.6) is 0 Å². The average molecular weight is 275 g/mol. The first kappa shape index (κ1) is 13.6. The summed E-state index contributed by atoms with van der Waals surface area (Å²) in [6.45, 7) is 5.87. The number of amides is 1. The van der Waals surface area contributed by atoms with Gasteiger partial charge in [-0.15, -0.1) is 0 Å². The Morgan fingerprint density at radius 2 is 1.89 bits per heavy atom. The zero-order valence-corrected chi connectivity index (χ0v) is 11.9. The molecule has 0 spiro atoms. The van der Waals surface area contributed by atoms with E-state index >= 15 is 0 Å². The van der Waals surface area contributed by atoms with Gasteiger partial charge in [-0.2, -0.15) is 0 Å². The molecule has 1 N–H and O–H groups in total. The maximum atomic E-state index is 12.1. The number of benzene rings is 1. The summed E-state index contributed by atoms with van der Waals surface area (Å²) < 4.78 is 0. The molecule has 0 aliphatic carbocycles. The SMILES string of the molecule is Cc1cc(Cl)c(C(=O)Nc2ccc(C)c(C)c2)cn1. The summed E-state index contributed by atoms with van der Waals surface area (Å²) in [7, 11) is 0. The maximum absolute atomic E-state index is 12.1. The van der Waals surface area contributed by atoms with E-state index in [2.05, 4.69) is 10.3 Å². The molecule has 0 fully saturated rings. The van der Waals surface area contributed by atoms with Gasteiger partial charge in [-0.25, -0.2) is 0 Å². The molecule has 0 radical (unpaired) electrons. The Hall–Kier alpha value is -1.87. The zero-order valence-electron chi connectivity index (χ0n) is 11.1. The molecule has 2 rings (SSSR count). The first-order valence-corrected chi connectivity index (χ1v) is 6.36. The molecule has 0 bridgehead atoms. The van der Waals surface area contributed by atoms with Gasteiger partial charge in [-0.1, -0.05) is 17.7 Å². The molecular weight excluding hydrogens is 260 g/mol. The fraction of sp³-hybridized carbons (Fsp3) is 0.200. The van der Waals surface area contributed by atoms with Crippen LogP contribution in [0.2, 0.25) is 5.02 Å². The van der Waals surface area contributed by atoms with Crippen LogP contribution in [0.15, 0.2) is 30.5 Å². The second kappa shape index (κ2) is 5.41. The molecule has 3 nitrogen and oxygen atoms in total. The van der Waals surface area contributed by atoms with Crippen LogP contribution in [0.25, 0.3) is 0 Å². The lowest BCUT2D eigenvalue weighted by Gasteiger charge is -2.08. The van der Waals surface area contributed by atoms with Gasteiger partial charge in [0.15, 0.2) is 0 Å². The molecule has 1 aromatic heterocycles. The summed E-state index contributed by atoms with van der Waals surface area (Å²) in [6, 6.07) is 7.45. The minimum Gasteiger partial charge on any atom is -0.322 e. The van der Waals surface area contributed by atoms with E-state index in [0.717, 1.165) is 16.9 Å². The number of aryl methyl sites for hydroxylation is 3. The summed E-state index contributed by atoms with van der Waals surface area (Å²) in [5.74, 6) is -0.249. The highest BCUT2D eigenvalue weighted by Gasteiger charge is 2.11. The third kappa shape index (κ3) is 3.12. The lowest BCUT2D eigenvalue weighted by molar-refractivity contribution is 0.102. The van der Waals surface area contributed by atoms with E-state index in [0.29, 0.717) is 10.6 Å². The van der Waals surface area contributed by atoms with Gasteiger partial charge in [0.1, 0.15) is 0 Å². The van der Waals surface area contributed by atoms with Crippen molar-refractivity contribution in [1.29, 1.82) is 0 Å².